The summed E-state index contributed by atoms with van der Waals surface area (Å²) in [5, 5.41) is 4.69. The average Bonchev–Trinajstić information content (AvgIpc) is 3.30. The standard InChI is InChI=1S/C23H21F3N4O4S/c24-23(25,22(33)34-26)30-20(32)14-27-13-17-10-16(12-28-21(17)30)3-4-19(31)29-7-5-15(6-8-29)11-18-2-1-9-35-18/h1-5,9-10,12,27H,6-8,11,13-14H2/b4-3+. The molecule has 8 nitrogen and oxygen atoms in total. The number of hydrogen-bond donors (Lipinski definition) is 1. The Kier molecular flexibility index (Phi) is 7.31. The summed E-state index contributed by atoms with van der Waals surface area (Å²) < 4.78 is 40.9. The van der Waals surface area contributed by atoms with E-state index in [4.69, 9.17) is 0 Å². The lowest BCUT2D eigenvalue weighted by molar-refractivity contribution is -0.211. The van der Waals surface area contributed by atoms with E-state index in [1.165, 1.54) is 34.9 Å². The SMILES string of the molecule is O=C(/C=C/c1cnc2c(c1)CNCC(=O)N2C(F)(F)C(=O)OF)N1CC=C(Cc2cccs2)CC1. The quantitative estimate of drug-likeness (QED) is 0.368. The maximum Gasteiger partial charge on any atom is 0.440 e. The molecule has 0 aromatic carbocycles. The highest BCUT2D eigenvalue weighted by Gasteiger charge is 2.53. The van der Waals surface area contributed by atoms with E-state index in [1.807, 2.05) is 11.4 Å². The smallest absolute Gasteiger partial charge is 0.335 e. The van der Waals surface area contributed by atoms with Crippen LogP contribution in [0.5, 0.6) is 0 Å². The molecule has 4 heterocycles. The van der Waals surface area contributed by atoms with Crippen LogP contribution in [0.25, 0.3) is 6.08 Å². The van der Waals surface area contributed by atoms with Crippen molar-refractivity contribution in [3.8, 4) is 0 Å². The van der Waals surface area contributed by atoms with Gasteiger partial charge in [0.2, 0.25) is 11.8 Å². The number of anilines is 1. The highest BCUT2D eigenvalue weighted by Crippen LogP contribution is 2.32. The largest absolute Gasteiger partial charge is 0.440 e. The Morgan fingerprint density at radius 2 is 2.14 bits per heavy atom. The van der Waals surface area contributed by atoms with Crippen LogP contribution < -0.4 is 10.2 Å². The zero-order chi connectivity index (χ0) is 25.0. The highest BCUT2D eigenvalue weighted by atomic mass is 32.1. The van der Waals surface area contributed by atoms with Gasteiger partial charge in [-0.15, -0.1) is 11.3 Å². The molecule has 35 heavy (non-hydrogen) atoms. The normalized spacial score (nSPS) is 16.7. The second-order valence-corrected chi connectivity index (χ2v) is 9.01. The molecule has 0 radical (unpaired) electrons. The molecule has 0 saturated carbocycles. The van der Waals surface area contributed by atoms with Crippen molar-refractivity contribution in [2.75, 3.05) is 24.5 Å². The average molecular weight is 507 g/mol. The minimum Gasteiger partial charge on any atom is -0.335 e. The molecule has 2 aliphatic rings. The van der Waals surface area contributed by atoms with E-state index in [2.05, 4.69) is 27.4 Å². The van der Waals surface area contributed by atoms with Gasteiger partial charge in [-0.05, 0) is 35.6 Å². The Hall–Kier alpha value is -3.51. The summed E-state index contributed by atoms with van der Waals surface area (Å²) in [7, 11) is 0. The fourth-order valence-corrected chi connectivity index (χ4v) is 4.61. The van der Waals surface area contributed by atoms with Crippen LogP contribution in [0.4, 0.5) is 19.1 Å². The second kappa shape index (κ2) is 10.4. The van der Waals surface area contributed by atoms with E-state index < -0.39 is 30.3 Å². The maximum absolute atomic E-state index is 14.4. The zero-order valence-corrected chi connectivity index (χ0v) is 19.2. The molecule has 0 spiro atoms. The summed E-state index contributed by atoms with van der Waals surface area (Å²) in [4.78, 5) is 45.4. The van der Waals surface area contributed by atoms with Gasteiger partial charge >= 0.3 is 12.0 Å². The molecule has 2 aromatic rings. The van der Waals surface area contributed by atoms with Crippen molar-refractivity contribution in [3.05, 3.63) is 63.5 Å². The molecule has 0 atom stereocenters. The number of halogens is 3. The zero-order valence-electron chi connectivity index (χ0n) is 18.4. The van der Waals surface area contributed by atoms with Gasteiger partial charge in [0, 0.05) is 53.3 Å². The van der Waals surface area contributed by atoms with Crippen LogP contribution in [0.1, 0.15) is 22.4 Å². The number of nitrogens with zero attached hydrogens (tertiary/aromatic N) is 3. The Balaban J connectivity index is 1.46. The van der Waals surface area contributed by atoms with Crippen LogP contribution >= 0.6 is 11.3 Å². The van der Waals surface area contributed by atoms with Crippen LogP contribution in [-0.2, 0) is 32.3 Å². The van der Waals surface area contributed by atoms with E-state index in [0.717, 1.165) is 12.8 Å². The first-order chi connectivity index (χ1) is 16.8. The molecule has 0 aliphatic carbocycles. The first kappa shape index (κ1) is 24.6. The van der Waals surface area contributed by atoms with Gasteiger partial charge in [0.25, 0.3) is 0 Å². The van der Waals surface area contributed by atoms with Crippen LogP contribution in [0.2, 0.25) is 0 Å². The van der Waals surface area contributed by atoms with Gasteiger partial charge < -0.3 is 10.2 Å². The summed E-state index contributed by atoms with van der Waals surface area (Å²) in [6, 6.07) is 0.961. The minimum atomic E-state index is -4.59. The predicted molar refractivity (Wildman–Crippen MR) is 122 cm³/mol. The molecular formula is C23H21F3N4O4S. The van der Waals surface area contributed by atoms with Crippen molar-refractivity contribution in [3.63, 3.8) is 0 Å². The number of carbonyl (C=O) groups excluding carboxylic acids is 3. The molecule has 4 rings (SSSR count). The van der Waals surface area contributed by atoms with E-state index in [-0.39, 0.29) is 22.9 Å². The van der Waals surface area contributed by atoms with E-state index in [1.54, 1.807) is 16.2 Å². The number of rotatable bonds is 6. The predicted octanol–water partition coefficient (Wildman–Crippen LogP) is 3.01. The molecule has 2 aromatic heterocycles. The molecule has 2 aliphatic heterocycles. The molecule has 0 unspecified atom stereocenters. The number of alkyl halides is 2. The summed E-state index contributed by atoms with van der Waals surface area (Å²) in [5.41, 5.74) is 1.88. The van der Waals surface area contributed by atoms with Crippen molar-refractivity contribution in [1.29, 1.82) is 0 Å². The fraction of sp³-hybridized carbons (Fsp3) is 0.304. The lowest BCUT2D eigenvalue weighted by atomic mass is 10.0. The Labute approximate surface area is 202 Å². The summed E-state index contributed by atoms with van der Waals surface area (Å²) >= 11 is 1.70. The van der Waals surface area contributed by atoms with Crippen molar-refractivity contribution in [1.82, 2.24) is 15.2 Å². The summed E-state index contributed by atoms with van der Waals surface area (Å²) in [6.45, 7) is 0.549. The topological polar surface area (TPSA) is 91.8 Å². The van der Waals surface area contributed by atoms with Crippen molar-refractivity contribution < 1.29 is 32.6 Å². The van der Waals surface area contributed by atoms with Crippen LogP contribution in [0.3, 0.4) is 0 Å². The Bertz CT molecular complexity index is 1180. The molecule has 0 bridgehead atoms. The van der Waals surface area contributed by atoms with Gasteiger partial charge in [-0.3, -0.25) is 9.59 Å². The summed E-state index contributed by atoms with van der Waals surface area (Å²) in [6.07, 6.45) is 7.75. The van der Waals surface area contributed by atoms with E-state index in [9.17, 15) is 27.7 Å². The first-order valence-electron chi connectivity index (χ1n) is 10.7. The van der Waals surface area contributed by atoms with Crippen molar-refractivity contribution in [2.45, 2.75) is 25.4 Å². The van der Waals surface area contributed by atoms with Gasteiger partial charge in [-0.1, -0.05) is 17.7 Å². The van der Waals surface area contributed by atoms with Crippen LogP contribution in [0, 0.1) is 0 Å². The third-order valence-corrected chi connectivity index (χ3v) is 6.50. The monoisotopic (exact) mass is 506 g/mol. The number of carbonyl (C=O) groups is 3. The van der Waals surface area contributed by atoms with E-state index in [0.29, 0.717) is 18.7 Å². The first-order valence-corrected chi connectivity index (χ1v) is 11.6. The fourth-order valence-electron chi connectivity index (χ4n) is 3.85. The Morgan fingerprint density at radius 3 is 2.83 bits per heavy atom. The molecule has 184 valence electrons. The summed E-state index contributed by atoms with van der Waals surface area (Å²) in [5.74, 6) is -4.41. The number of amides is 2. The number of aromatic nitrogens is 1. The van der Waals surface area contributed by atoms with Crippen molar-refractivity contribution >= 4 is 41.0 Å². The lowest BCUT2D eigenvalue weighted by Crippen LogP contribution is -2.53. The van der Waals surface area contributed by atoms with Gasteiger partial charge in [-0.25, -0.2) is 19.6 Å². The Morgan fingerprint density at radius 1 is 1.31 bits per heavy atom. The number of nitrogens with one attached hydrogen (secondary N) is 1. The number of pyridine rings is 1. The van der Waals surface area contributed by atoms with Gasteiger partial charge in [-0.2, -0.15) is 8.78 Å². The van der Waals surface area contributed by atoms with E-state index >= 15 is 0 Å². The lowest BCUT2D eigenvalue weighted by Gasteiger charge is -2.27. The molecule has 2 amide bonds. The van der Waals surface area contributed by atoms with Crippen LogP contribution in [-0.4, -0.2) is 53.3 Å². The third-order valence-electron chi connectivity index (χ3n) is 5.63. The molecule has 1 N–H and O–H groups in total. The molecular weight excluding hydrogens is 485 g/mol. The van der Waals surface area contributed by atoms with Gasteiger partial charge in [0.1, 0.15) is 5.82 Å². The molecule has 12 heteroatoms. The number of thiophene rings is 1. The maximum atomic E-state index is 14.4. The third kappa shape index (κ3) is 5.43. The second-order valence-electron chi connectivity index (χ2n) is 7.98. The molecule has 0 fully saturated rings. The minimum absolute atomic E-state index is 0.00904. The van der Waals surface area contributed by atoms with Gasteiger partial charge in [0.05, 0.1) is 6.54 Å². The number of hydrogen-bond acceptors (Lipinski definition) is 7. The van der Waals surface area contributed by atoms with Gasteiger partial charge in [0.15, 0.2) is 0 Å². The number of fused-ring (bicyclic) bond motifs is 1. The van der Waals surface area contributed by atoms with Crippen molar-refractivity contribution in [2.24, 2.45) is 0 Å². The van der Waals surface area contributed by atoms with Crippen LogP contribution in [0.15, 0.2) is 47.5 Å². The highest BCUT2D eigenvalue weighted by molar-refractivity contribution is 7.09. The molecule has 0 saturated heterocycles.